The minimum absolute atomic E-state index is 0.0524. The summed E-state index contributed by atoms with van der Waals surface area (Å²) in [5.41, 5.74) is 0.0415. The predicted octanol–water partition coefficient (Wildman–Crippen LogP) is 3.07. The van der Waals surface area contributed by atoms with E-state index in [1.54, 1.807) is 25.7 Å². The summed E-state index contributed by atoms with van der Waals surface area (Å²) in [6.45, 7) is 9.01. The van der Waals surface area contributed by atoms with Gasteiger partial charge in [0.2, 0.25) is 11.8 Å². The Morgan fingerprint density at radius 1 is 1.13 bits per heavy atom. The molecule has 30 heavy (non-hydrogen) atoms. The number of benzene rings is 1. The van der Waals surface area contributed by atoms with E-state index in [-0.39, 0.29) is 29.7 Å². The van der Waals surface area contributed by atoms with E-state index in [1.807, 2.05) is 44.2 Å². The monoisotopic (exact) mass is 435 g/mol. The van der Waals surface area contributed by atoms with Crippen molar-refractivity contribution < 1.29 is 19.1 Å². The van der Waals surface area contributed by atoms with E-state index in [4.69, 9.17) is 4.74 Å². The molecule has 2 unspecified atom stereocenters. The second-order valence-corrected chi connectivity index (χ2v) is 9.20. The summed E-state index contributed by atoms with van der Waals surface area (Å²) in [6, 6.07) is 7.42. The second kappa shape index (κ2) is 10.2. The highest BCUT2D eigenvalue weighted by Gasteiger charge is 2.43. The fourth-order valence-electron chi connectivity index (χ4n) is 3.12. The molecule has 1 aliphatic rings. The first-order valence-corrected chi connectivity index (χ1v) is 10.9. The van der Waals surface area contributed by atoms with Crippen LogP contribution in [0.2, 0.25) is 0 Å². The summed E-state index contributed by atoms with van der Waals surface area (Å²) in [5, 5.41) is 5.54. The second-order valence-electron chi connectivity index (χ2n) is 8.83. The van der Waals surface area contributed by atoms with Crippen LogP contribution >= 0.6 is 12.6 Å². The van der Waals surface area contributed by atoms with Crippen molar-refractivity contribution in [3.8, 4) is 0 Å². The highest BCUT2D eigenvalue weighted by atomic mass is 32.1. The SMILES string of the molecule is CC(C)NC(=O)C(c1ccccc1)N(C(=O)C(CS)NC(=O)OC(C)(C)C)C1CC1. The van der Waals surface area contributed by atoms with Crippen LogP contribution in [0.25, 0.3) is 0 Å². The van der Waals surface area contributed by atoms with E-state index in [9.17, 15) is 14.4 Å². The first-order chi connectivity index (χ1) is 14.0. The lowest BCUT2D eigenvalue weighted by molar-refractivity contribution is -0.143. The van der Waals surface area contributed by atoms with Gasteiger partial charge in [-0.25, -0.2) is 4.79 Å². The average Bonchev–Trinajstić information content (AvgIpc) is 3.47. The number of nitrogens with zero attached hydrogens (tertiary/aromatic N) is 1. The number of carbonyl (C=O) groups is 3. The average molecular weight is 436 g/mol. The van der Waals surface area contributed by atoms with Crippen molar-refractivity contribution in [3.05, 3.63) is 35.9 Å². The number of carbonyl (C=O) groups excluding carboxylic acids is 3. The molecule has 1 aromatic rings. The van der Waals surface area contributed by atoms with E-state index >= 15 is 0 Å². The van der Waals surface area contributed by atoms with E-state index in [1.165, 1.54) is 0 Å². The van der Waals surface area contributed by atoms with Crippen molar-refractivity contribution in [2.45, 2.75) is 77.2 Å². The number of nitrogens with one attached hydrogen (secondary N) is 2. The Balaban J connectivity index is 2.32. The van der Waals surface area contributed by atoms with Crippen molar-refractivity contribution in [1.82, 2.24) is 15.5 Å². The Hall–Kier alpha value is -2.22. The van der Waals surface area contributed by atoms with Crippen molar-refractivity contribution in [1.29, 1.82) is 0 Å². The zero-order valence-electron chi connectivity index (χ0n) is 18.3. The summed E-state index contributed by atoms with van der Waals surface area (Å²) in [7, 11) is 0. The van der Waals surface area contributed by atoms with Crippen molar-refractivity contribution in [3.63, 3.8) is 0 Å². The van der Waals surface area contributed by atoms with Crippen LogP contribution in [0.3, 0.4) is 0 Å². The lowest BCUT2D eigenvalue weighted by Crippen LogP contribution is -2.54. The number of amides is 3. The van der Waals surface area contributed by atoms with Crippen LogP contribution < -0.4 is 10.6 Å². The molecule has 2 atom stereocenters. The van der Waals surface area contributed by atoms with E-state index in [2.05, 4.69) is 23.3 Å². The van der Waals surface area contributed by atoms with Crippen LogP contribution in [0.1, 0.15) is 59.1 Å². The molecule has 1 aromatic carbocycles. The van der Waals surface area contributed by atoms with Gasteiger partial charge in [-0.05, 0) is 53.0 Å². The lowest BCUT2D eigenvalue weighted by atomic mass is 10.0. The van der Waals surface area contributed by atoms with E-state index < -0.39 is 23.8 Å². The van der Waals surface area contributed by atoms with Gasteiger partial charge >= 0.3 is 6.09 Å². The van der Waals surface area contributed by atoms with Gasteiger partial charge in [0, 0.05) is 17.8 Å². The lowest BCUT2D eigenvalue weighted by Gasteiger charge is -2.34. The number of ether oxygens (including phenoxy) is 1. The topological polar surface area (TPSA) is 87.7 Å². The number of hydrogen-bond acceptors (Lipinski definition) is 5. The van der Waals surface area contributed by atoms with Crippen LogP contribution in [0.5, 0.6) is 0 Å². The molecule has 1 saturated carbocycles. The Labute approximate surface area is 184 Å². The zero-order valence-corrected chi connectivity index (χ0v) is 19.2. The third-order valence-electron chi connectivity index (χ3n) is 4.44. The van der Waals surface area contributed by atoms with E-state index in [0.29, 0.717) is 0 Å². The third kappa shape index (κ3) is 6.93. The number of thiol groups is 1. The summed E-state index contributed by atoms with van der Waals surface area (Å²) < 4.78 is 5.29. The summed E-state index contributed by atoms with van der Waals surface area (Å²) >= 11 is 4.27. The molecule has 0 radical (unpaired) electrons. The van der Waals surface area contributed by atoms with Gasteiger partial charge in [0.05, 0.1) is 0 Å². The third-order valence-corrected chi connectivity index (χ3v) is 4.80. The molecule has 2 N–H and O–H groups in total. The Morgan fingerprint density at radius 2 is 1.73 bits per heavy atom. The van der Waals surface area contributed by atoms with Gasteiger partial charge in [-0.1, -0.05) is 30.3 Å². The summed E-state index contributed by atoms with van der Waals surface area (Å²) in [4.78, 5) is 40.5. The molecular weight excluding hydrogens is 402 g/mol. The van der Waals surface area contributed by atoms with Crippen molar-refractivity contribution >= 4 is 30.5 Å². The van der Waals surface area contributed by atoms with Gasteiger partial charge in [0.25, 0.3) is 0 Å². The van der Waals surface area contributed by atoms with Crippen LogP contribution in [0.15, 0.2) is 30.3 Å². The Bertz CT molecular complexity index is 744. The van der Waals surface area contributed by atoms with Gasteiger partial charge in [-0.2, -0.15) is 12.6 Å². The summed E-state index contributed by atoms with van der Waals surface area (Å²) in [5.74, 6) is -0.494. The molecule has 7 nitrogen and oxygen atoms in total. The van der Waals surface area contributed by atoms with Crippen molar-refractivity contribution in [2.75, 3.05) is 5.75 Å². The number of hydrogen-bond donors (Lipinski definition) is 3. The maximum atomic E-state index is 13.5. The molecular formula is C22H33N3O4S. The maximum Gasteiger partial charge on any atom is 0.408 e. The minimum atomic E-state index is -0.901. The van der Waals surface area contributed by atoms with E-state index in [0.717, 1.165) is 18.4 Å². The van der Waals surface area contributed by atoms with Crippen LogP contribution in [0, 0.1) is 0 Å². The molecule has 166 valence electrons. The largest absolute Gasteiger partial charge is 0.444 e. The molecule has 0 saturated heterocycles. The molecule has 0 aromatic heterocycles. The van der Waals surface area contributed by atoms with Crippen LogP contribution in [-0.4, -0.2) is 52.3 Å². The van der Waals surface area contributed by atoms with Crippen LogP contribution in [-0.2, 0) is 14.3 Å². The molecule has 0 aliphatic heterocycles. The van der Waals surface area contributed by atoms with Gasteiger partial charge in [-0.3, -0.25) is 9.59 Å². The highest BCUT2D eigenvalue weighted by molar-refractivity contribution is 7.80. The number of alkyl carbamates (subject to hydrolysis) is 1. The quantitative estimate of drug-likeness (QED) is 0.548. The van der Waals surface area contributed by atoms with Gasteiger partial charge in [0.15, 0.2) is 0 Å². The van der Waals surface area contributed by atoms with Gasteiger partial charge in [-0.15, -0.1) is 0 Å². The zero-order chi connectivity index (χ0) is 22.5. The molecule has 8 heteroatoms. The molecule has 1 aliphatic carbocycles. The fourth-order valence-corrected chi connectivity index (χ4v) is 3.37. The predicted molar refractivity (Wildman–Crippen MR) is 119 cm³/mol. The molecule has 3 amide bonds. The first-order valence-electron chi connectivity index (χ1n) is 10.3. The van der Waals surface area contributed by atoms with Gasteiger partial charge < -0.3 is 20.3 Å². The Kier molecular flexibility index (Phi) is 8.18. The smallest absolute Gasteiger partial charge is 0.408 e. The molecule has 0 heterocycles. The normalized spacial score (nSPS) is 15.8. The standard InChI is InChI=1S/C22H33N3O4S/c1-14(2)23-19(26)18(15-9-7-6-8-10-15)25(16-11-12-16)20(27)17(13-30)24-21(28)29-22(3,4)5/h6-10,14,16-18,30H,11-13H2,1-5H3,(H,23,26)(H,24,28). The molecule has 0 spiro atoms. The Morgan fingerprint density at radius 3 is 2.20 bits per heavy atom. The van der Waals surface area contributed by atoms with Gasteiger partial charge in [0.1, 0.15) is 17.7 Å². The molecule has 0 bridgehead atoms. The molecule has 1 fully saturated rings. The molecule has 2 rings (SSSR count). The minimum Gasteiger partial charge on any atom is -0.444 e. The first kappa shape index (κ1) is 24.1. The summed E-state index contributed by atoms with van der Waals surface area (Å²) in [6.07, 6.45) is 0.944. The fraction of sp³-hybridized carbons (Fsp3) is 0.591. The van der Waals surface area contributed by atoms with Crippen molar-refractivity contribution in [2.24, 2.45) is 0 Å². The van der Waals surface area contributed by atoms with Crippen LogP contribution in [0.4, 0.5) is 4.79 Å². The number of rotatable bonds is 8. The maximum absolute atomic E-state index is 13.5. The highest BCUT2D eigenvalue weighted by Crippen LogP contribution is 2.35.